The molecule has 0 saturated carbocycles. The lowest BCUT2D eigenvalue weighted by atomic mass is 9.97. The minimum atomic E-state index is -0.294. The lowest BCUT2D eigenvalue weighted by Crippen LogP contribution is -2.41. The van der Waals surface area contributed by atoms with Crippen LogP contribution in [0, 0.1) is 5.92 Å². The molecule has 2 heterocycles. The van der Waals surface area contributed by atoms with Crippen LogP contribution in [0.5, 0.6) is 0 Å². The Morgan fingerprint density at radius 1 is 1.18 bits per heavy atom. The summed E-state index contributed by atoms with van der Waals surface area (Å²) in [4.78, 5) is 30.0. The number of nitrogens with two attached hydrogens (primary N) is 3. The highest BCUT2D eigenvalue weighted by Gasteiger charge is 2.24. The van der Waals surface area contributed by atoms with E-state index in [0.717, 1.165) is 25.1 Å². The molecule has 1 aliphatic heterocycles. The summed E-state index contributed by atoms with van der Waals surface area (Å²) in [6.45, 7) is 1.31. The number of piperidine rings is 1. The van der Waals surface area contributed by atoms with Gasteiger partial charge in [-0.15, -0.1) is 0 Å². The Morgan fingerprint density at radius 2 is 1.96 bits per heavy atom. The number of aliphatic imine (C=N–C) groups is 2. The second kappa shape index (κ2) is 8.80. The van der Waals surface area contributed by atoms with Crippen molar-refractivity contribution >= 4 is 35.1 Å². The molecule has 1 aromatic carbocycles. The van der Waals surface area contributed by atoms with E-state index in [1.54, 1.807) is 6.07 Å². The predicted octanol–water partition coefficient (Wildman–Crippen LogP) is 0.551. The highest BCUT2D eigenvalue weighted by Crippen LogP contribution is 2.23. The van der Waals surface area contributed by atoms with E-state index in [-0.39, 0.29) is 23.7 Å². The summed E-state index contributed by atoms with van der Waals surface area (Å²) in [7, 11) is 0. The molecular formula is C18H23N9O. The quantitative estimate of drug-likeness (QED) is 0.444. The number of anilines is 2. The molecule has 0 aliphatic carbocycles. The van der Waals surface area contributed by atoms with Crippen LogP contribution in [0.4, 0.5) is 17.3 Å². The molecule has 7 N–H and O–H groups in total. The number of aromatic nitrogens is 2. The van der Waals surface area contributed by atoms with E-state index in [1.807, 2.05) is 35.2 Å². The summed E-state index contributed by atoms with van der Waals surface area (Å²) in [6.07, 6.45) is 3.05. The van der Waals surface area contributed by atoms with Crippen molar-refractivity contribution in [2.45, 2.75) is 12.8 Å². The number of primary amides is 1. The zero-order valence-electron chi connectivity index (χ0n) is 15.3. The topological polar surface area (TPSA) is 161 Å². The fourth-order valence-electron chi connectivity index (χ4n) is 2.95. The fourth-order valence-corrected chi connectivity index (χ4v) is 2.95. The molecule has 1 aliphatic rings. The van der Waals surface area contributed by atoms with Crippen molar-refractivity contribution in [1.29, 1.82) is 0 Å². The molecule has 1 amide bonds. The number of nitrogens with zero attached hydrogens (tertiary/aromatic N) is 5. The van der Waals surface area contributed by atoms with Crippen LogP contribution in [0.2, 0.25) is 0 Å². The van der Waals surface area contributed by atoms with Gasteiger partial charge in [-0.25, -0.2) is 9.97 Å². The Kier molecular flexibility index (Phi) is 6.00. The van der Waals surface area contributed by atoms with E-state index in [4.69, 9.17) is 17.2 Å². The molecule has 10 nitrogen and oxygen atoms in total. The lowest BCUT2D eigenvalue weighted by Gasteiger charge is -2.31. The van der Waals surface area contributed by atoms with Gasteiger partial charge in [0.2, 0.25) is 17.8 Å². The zero-order valence-corrected chi connectivity index (χ0v) is 15.3. The van der Waals surface area contributed by atoms with Gasteiger partial charge in [-0.2, -0.15) is 9.98 Å². The first-order valence-corrected chi connectivity index (χ1v) is 8.88. The van der Waals surface area contributed by atoms with Crippen LogP contribution in [-0.2, 0) is 4.79 Å². The number of rotatable bonds is 4. The van der Waals surface area contributed by atoms with E-state index in [0.29, 0.717) is 18.2 Å². The van der Waals surface area contributed by atoms with Crippen molar-refractivity contribution < 1.29 is 4.79 Å². The number of hydrogen-bond donors (Lipinski definition) is 4. The van der Waals surface area contributed by atoms with E-state index in [1.165, 1.54) is 6.33 Å². The van der Waals surface area contributed by atoms with Crippen molar-refractivity contribution in [2.75, 3.05) is 23.3 Å². The third-order valence-electron chi connectivity index (χ3n) is 4.30. The third kappa shape index (κ3) is 5.16. The summed E-state index contributed by atoms with van der Waals surface area (Å²) in [6, 6.07) is 11.0. The van der Waals surface area contributed by atoms with Gasteiger partial charge in [0.25, 0.3) is 0 Å². The number of carbonyl (C=O) groups is 1. The summed E-state index contributed by atoms with van der Waals surface area (Å²) >= 11 is 0. The van der Waals surface area contributed by atoms with Gasteiger partial charge in [0.15, 0.2) is 5.82 Å². The largest absolute Gasteiger partial charge is 0.369 e. The highest BCUT2D eigenvalue weighted by molar-refractivity contribution is 6.01. The van der Waals surface area contributed by atoms with E-state index < -0.39 is 0 Å². The van der Waals surface area contributed by atoms with Gasteiger partial charge in [0, 0.05) is 24.8 Å². The number of nitrogens with one attached hydrogen (secondary N) is 1. The van der Waals surface area contributed by atoms with Crippen LogP contribution >= 0.6 is 0 Å². The van der Waals surface area contributed by atoms with Gasteiger partial charge in [-0.05, 0) is 25.0 Å². The summed E-state index contributed by atoms with van der Waals surface area (Å²) in [5, 5.41) is 2.92. The smallest absolute Gasteiger partial charge is 0.225 e. The fraction of sp³-hybridized carbons (Fsp3) is 0.278. The van der Waals surface area contributed by atoms with Gasteiger partial charge >= 0.3 is 0 Å². The Bertz CT molecular complexity index is 882. The molecule has 1 unspecified atom stereocenters. The van der Waals surface area contributed by atoms with Crippen molar-refractivity contribution in [2.24, 2.45) is 33.1 Å². The van der Waals surface area contributed by atoms with Gasteiger partial charge in [0.1, 0.15) is 12.1 Å². The zero-order chi connectivity index (χ0) is 19.9. The van der Waals surface area contributed by atoms with E-state index >= 15 is 0 Å². The third-order valence-corrected chi connectivity index (χ3v) is 4.30. The van der Waals surface area contributed by atoms with E-state index in [2.05, 4.69) is 25.3 Å². The molecule has 1 saturated heterocycles. The summed E-state index contributed by atoms with van der Waals surface area (Å²) < 4.78 is 0. The first kappa shape index (κ1) is 19.1. The first-order chi connectivity index (χ1) is 13.5. The number of para-hydroxylation sites is 1. The molecular weight excluding hydrogens is 358 g/mol. The Balaban J connectivity index is 1.70. The molecule has 28 heavy (non-hydrogen) atoms. The molecule has 10 heteroatoms. The Labute approximate surface area is 162 Å². The molecule has 0 spiro atoms. The van der Waals surface area contributed by atoms with Crippen LogP contribution in [0.1, 0.15) is 12.8 Å². The van der Waals surface area contributed by atoms with Crippen molar-refractivity contribution in [1.82, 2.24) is 9.97 Å². The van der Waals surface area contributed by atoms with E-state index in [9.17, 15) is 4.79 Å². The maximum absolute atomic E-state index is 11.5. The average Bonchev–Trinajstić information content (AvgIpc) is 2.69. The summed E-state index contributed by atoms with van der Waals surface area (Å²) in [5.41, 5.74) is 17.9. The normalized spacial score (nSPS) is 18.0. The first-order valence-electron chi connectivity index (χ1n) is 8.88. The van der Waals surface area contributed by atoms with Gasteiger partial charge in [-0.1, -0.05) is 18.2 Å². The van der Waals surface area contributed by atoms with Gasteiger partial charge in [-0.3, -0.25) is 4.79 Å². The second-order valence-electron chi connectivity index (χ2n) is 6.38. The molecule has 146 valence electrons. The van der Waals surface area contributed by atoms with Crippen molar-refractivity contribution in [3.05, 3.63) is 42.7 Å². The van der Waals surface area contributed by atoms with Crippen LogP contribution in [0.3, 0.4) is 0 Å². The minimum absolute atomic E-state index is 0.0424. The highest BCUT2D eigenvalue weighted by atomic mass is 16.1. The maximum atomic E-state index is 11.5. The standard InChI is InChI=1S/C18H23N9O/c19-16(28)12-5-4-8-27(10-12)15-9-14(22-11-23-15)25-18(21)26-17(20)24-13-6-2-1-3-7-13/h1-3,6-7,9,11-12H,4-5,8,10H2,(H2,19,28)(H5,20,21,22,23,24,25,26). The Morgan fingerprint density at radius 3 is 2.71 bits per heavy atom. The molecule has 2 aromatic rings. The monoisotopic (exact) mass is 381 g/mol. The van der Waals surface area contributed by atoms with Crippen LogP contribution in [-0.4, -0.2) is 40.9 Å². The maximum Gasteiger partial charge on any atom is 0.225 e. The van der Waals surface area contributed by atoms with Gasteiger partial charge in [0.05, 0.1) is 5.92 Å². The molecule has 0 radical (unpaired) electrons. The van der Waals surface area contributed by atoms with Crippen LogP contribution in [0.25, 0.3) is 0 Å². The Hall–Kier alpha value is -3.69. The molecule has 1 fully saturated rings. The van der Waals surface area contributed by atoms with Crippen molar-refractivity contribution in [3.63, 3.8) is 0 Å². The lowest BCUT2D eigenvalue weighted by molar-refractivity contribution is -0.122. The molecule has 3 rings (SSSR count). The van der Waals surface area contributed by atoms with Crippen molar-refractivity contribution in [3.8, 4) is 0 Å². The minimum Gasteiger partial charge on any atom is -0.369 e. The number of guanidine groups is 2. The number of benzene rings is 1. The number of amides is 1. The SMILES string of the molecule is NC(=O)C1CCCN(c2cc(N=C(N)N=C(N)Nc3ccccc3)ncn2)C1. The van der Waals surface area contributed by atoms with Gasteiger partial charge < -0.3 is 27.4 Å². The predicted molar refractivity (Wildman–Crippen MR) is 109 cm³/mol. The molecule has 0 bridgehead atoms. The number of carbonyl (C=O) groups excluding carboxylic acids is 1. The second-order valence-corrected chi connectivity index (χ2v) is 6.38. The molecule has 1 aromatic heterocycles. The molecule has 1 atom stereocenters. The average molecular weight is 381 g/mol. The summed E-state index contributed by atoms with van der Waals surface area (Å²) in [5.74, 6) is 0.597. The number of hydrogen-bond acceptors (Lipinski definition) is 5. The van der Waals surface area contributed by atoms with Crippen LogP contribution in [0.15, 0.2) is 52.7 Å². The van der Waals surface area contributed by atoms with Crippen LogP contribution < -0.4 is 27.4 Å².